The van der Waals surface area contributed by atoms with Gasteiger partial charge in [-0.1, -0.05) is 108 Å². The van der Waals surface area contributed by atoms with Crippen molar-refractivity contribution in [3.8, 4) is 34.0 Å². The van der Waals surface area contributed by atoms with Crippen molar-refractivity contribution < 1.29 is 25.5 Å². The summed E-state index contributed by atoms with van der Waals surface area (Å²) in [7, 11) is 0. The number of aromatic nitrogens is 5. The van der Waals surface area contributed by atoms with Gasteiger partial charge in [0.2, 0.25) is 0 Å². The number of fused-ring (bicyclic) bond motifs is 10. The summed E-state index contributed by atoms with van der Waals surface area (Å²) in [5, 5.41) is 6.67. The average molecular weight is 885 g/mol. The molecule has 0 aliphatic heterocycles. The van der Waals surface area contributed by atoms with Crippen molar-refractivity contribution in [3.63, 3.8) is 0 Å². The maximum atomic E-state index is 6.25. The number of furan rings is 1. The van der Waals surface area contributed by atoms with Crippen LogP contribution in [0.3, 0.4) is 0 Å². The number of para-hydroxylation sites is 5. The first-order valence-corrected chi connectivity index (χ1v) is 18.0. The first-order valence-electron chi connectivity index (χ1n) is 18.0. The van der Waals surface area contributed by atoms with Crippen molar-refractivity contribution in [3.05, 3.63) is 170 Å². The summed E-state index contributed by atoms with van der Waals surface area (Å²) in [6.45, 7) is 0. The van der Waals surface area contributed by atoms with E-state index >= 15 is 0 Å². The molecular weight excluding hydrogens is 858 g/mol. The van der Waals surface area contributed by atoms with Gasteiger partial charge >= 0.3 is 21.1 Å². The number of nitrogens with zero attached hydrogens (tertiary/aromatic N) is 5. The van der Waals surface area contributed by atoms with Gasteiger partial charge in [-0.15, -0.1) is 34.8 Å². The fraction of sp³-hybridized carbons (Fsp3) is 0. The first kappa shape index (κ1) is 31.7. The molecular formula is C48H27N5OPt. The van der Waals surface area contributed by atoms with Crippen LogP contribution in [0.1, 0.15) is 0 Å². The van der Waals surface area contributed by atoms with Crippen LogP contribution in [0.15, 0.2) is 168 Å². The Morgan fingerprint density at radius 3 is 2.20 bits per heavy atom. The summed E-state index contributed by atoms with van der Waals surface area (Å²) in [4.78, 5) is 15.5. The quantitative estimate of drug-likeness (QED) is 0.165. The Hall–Kier alpha value is -6.75. The third kappa shape index (κ3) is 4.65. The normalized spacial score (nSPS) is 11.9. The Kier molecular flexibility index (Phi) is 7.01. The fourth-order valence-electron chi connectivity index (χ4n) is 8.37. The molecule has 0 saturated heterocycles. The van der Waals surface area contributed by atoms with Gasteiger partial charge in [0.25, 0.3) is 0 Å². The third-order valence-corrected chi connectivity index (χ3v) is 10.8. The molecule has 0 aliphatic rings. The van der Waals surface area contributed by atoms with Gasteiger partial charge in [-0.2, -0.15) is 0 Å². The predicted octanol–water partition coefficient (Wildman–Crippen LogP) is 11.8. The van der Waals surface area contributed by atoms with E-state index in [0.717, 1.165) is 111 Å². The summed E-state index contributed by atoms with van der Waals surface area (Å²) >= 11 is 0. The third-order valence-electron chi connectivity index (χ3n) is 10.8. The number of imidazole rings is 1. The minimum absolute atomic E-state index is 0. The van der Waals surface area contributed by atoms with Crippen LogP contribution >= 0.6 is 0 Å². The zero-order chi connectivity index (χ0) is 35.3. The predicted molar refractivity (Wildman–Crippen MR) is 219 cm³/mol. The van der Waals surface area contributed by atoms with Crippen LogP contribution in [0.2, 0.25) is 0 Å². The van der Waals surface area contributed by atoms with Crippen molar-refractivity contribution in [2.75, 3.05) is 0 Å². The summed E-state index contributed by atoms with van der Waals surface area (Å²) < 4.78 is 10.7. The molecule has 0 atom stereocenters. The van der Waals surface area contributed by atoms with E-state index in [9.17, 15) is 0 Å². The summed E-state index contributed by atoms with van der Waals surface area (Å²) in [6, 6.07) is 58.5. The van der Waals surface area contributed by atoms with Crippen LogP contribution in [-0.2, 0) is 21.1 Å². The van der Waals surface area contributed by atoms with Gasteiger partial charge in [0.1, 0.15) is 22.8 Å². The molecule has 55 heavy (non-hydrogen) atoms. The number of pyridine rings is 1. The number of hydrogen-bond acceptors (Lipinski definition) is 3. The molecule has 260 valence electrons. The van der Waals surface area contributed by atoms with E-state index in [4.69, 9.17) is 19.4 Å². The second kappa shape index (κ2) is 12.1. The van der Waals surface area contributed by atoms with E-state index in [1.54, 1.807) is 0 Å². The SMILES string of the molecule is [Pt+2].[c-]1c(-c2cccc3c2nc(-c2cccc4c2[n-]c2ccccc24)n3-c2ccc3oc4ccccc4c3c2)ccc2c3ccccc3n(-c3ccccn3)c12. The summed E-state index contributed by atoms with van der Waals surface area (Å²) in [5.74, 6) is 1.67. The Morgan fingerprint density at radius 1 is 0.545 bits per heavy atom. The molecule has 7 aromatic carbocycles. The number of benzene rings is 7. The molecule has 0 unspecified atom stereocenters. The summed E-state index contributed by atoms with van der Waals surface area (Å²) in [6.07, 6.45) is 1.84. The van der Waals surface area contributed by atoms with Crippen LogP contribution in [0.25, 0.3) is 111 Å². The van der Waals surface area contributed by atoms with Gasteiger partial charge in [-0.05, 0) is 70.2 Å². The van der Waals surface area contributed by atoms with E-state index in [1.165, 1.54) is 0 Å². The monoisotopic (exact) mass is 884 g/mol. The van der Waals surface area contributed by atoms with Crippen molar-refractivity contribution in [2.45, 2.75) is 0 Å². The molecule has 5 aromatic heterocycles. The number of rotatable bonds is 4. The molecule has 7 heteroatoms. The molecule has 0 fully saturated rings. The van der Waals surface area contributed by atoms with Gasteiger partial charge in [0.15, 0.2) is 0 Å². The molecule has 12 rings (SSSR count). The van der Waals surface area contributed by atoms with Gasteiger partial charge in [-0.25, -0.2) is 9.97 Å². The van der Waals surface area contributed by atoms with Crippen molar-refractivity contribution in [1.29, 1.82) is 0 Å². The second-order valence-corrected chi connectivity index (χ2v) is 13.7. The van der Waals surface area contributed by atoms with E-state index in [-0.39, 0.29) is 21.1 Å². The van der Waals surface area contributed by atoms with E-state index in [1.807, 2.05) is 42.6 Å². The van der Waals surface area contributed by atoms with E-state index < -0.39 is 0 Å². The van der Waals surface area contributed by atoms with Crippen LogP contribution in [0, 0.1) is 6.07 Å². The van der Waals surface area contributed by atoms with Crippen molar-refractivity contribution in [2.24, 2.45) is 0 Å². The standard InChI is InChI=1S/C48H27N5O.Pt/c1-4-17-39-32(11-1)36-15-9-16-37(46(36)50-39)48-51-47-31(14-10-19-41(47)52(48)30-23-25-44-38(28-30)35-13-3-6-20-43(35)54-44)29-22-24-34-33-12-2-5-18-40(33)53(42(34)27-29)45-21-7-8-26-49-45;/h1-26,28H;/q-2;+2. The molecule has 0 bridgehead atoms. The summed E-state index contributed by atoms with van der Waals surface area (Å²) in [5.41, 5.74) is 11.5. The Morgan fingerprint density at radius 2 is 1.29 bits per heavy atom. The molecule has 12 aromatic rings. The zero-order valence-electron chi connectivity index (χ0n) is 29.0. The number of hydrogen-bond donors (Lipinski definition) is 0. The van der Waals surface area contributed by atoms with Gasteiger partial charge in [-0.3, -0.25) is 4.57 Å². The Balaban J connectivity index is 0.00000352. The topological polar surface area (TPSA) is 62.9 Å². The maximum absolute atomic E-state index is 6.25. The minimum atomic E-state index is 0. The molecule has 5 heterocycles. The minimum Gasteiger partial charge on any atom is -0.656 e. The first-order chi connectivity index (χ1) is 26.8. The Bertz CT molecular complexity index is 3460. The van der Waals surface area contributed by atoms with Gasteiger partial charge in [0.05, 0.1) is 11.0 Å². The molecule has 0 radical (unpaired) electrons. The average Bonchev–Trinajstić information content (AvgIpc) is 3.99. The maximum Gasteiger partial charge on any atom is 2.00 e. The fourth-order valence-corrected chi connectivity index (χ4v) is 8.37. The zero-order valence-corrected chi connectivity index (χ0v) is 31.3. The smallest absolute Gasteiger partial charge is 0.656 e. The van der Waals surface area contributed by atoms with Crippen LogP contribution < -0.4 is 4.98 Å². The van der Waals surface area contributed by atoms with Crippen LogP contribution in [-0.4, -0.2) is 19.1 Å². The van der Waals surface area contributed by atoms with E-state index in [2.05, 4.69) is 137 Å². The van der Waals surface area contributed by atoms with E-state index in [0.29, 0.717) is 0 Å². The van der Waals surface area contributed by atoms with Crippen molar-refractivity contribution >= 4 is 76.6 Å². The molecule has 0 spiro atoms. The molecule has 0 saturated carbocycles. The largest absolute Gasteiger partial charge is 2.00 e. The Labute approximate surface area is 328 Å². The van der Waals surface area contributed by atoms with Gasteiger partial charge in [0, 0.05) is 33.7 Å². The second-order valence-electron chi connectivity index (χ2n) is 13.7. The van der Waals surface area contributed by atoms with Crippen molar-refractivity contribution in [1.82, 2.24) is 24.1 Å². The van der Waals surface area contributed by atoms with Crippen LogP contribution in [0.4, 0.5) is 0 Å². The van der Waals surface area contributed by atoms with Gasteiger partial charge < -0.3 is 14.0 Å². The van der Waals surface area contributed by atoms with Crippen LogP contribution in [0.5, 0.6) is 0 Å². The molecule has 6 nitrogen and oxygen atoms in total. The molecule has 0 aliphatic carbocycles. The molecule has 0 N–H and O–H groups in total. The molecule has 0 amide bonds.